The highest BCUT2D eigenvalue weighted by atomic mass is 19.1. The molecule has 1 saturated heterocycles. The molecule has 3 aromatic rings. The summed E-state index contributed by atoms with van der Waals surface area (Å²) in [5.74, 6) is 1.54. The van der Waals surface area contributed by atoms with Gasteiger partial charge in [-0.3, -0.25) is 0 Å². The number of halogens is 1. The summed E-state index contributed by atoms with van der Waals surface area (Å²) in [6, 6.07) is 11.9. The zero-order valence-corrected chi connectivity index (χ0v) is 20.2. The first-order valence-electron chi connectivity index (χ1n) is 11.9. The van der Waals surface area contributed by atoms with Gasteiger partial charge in [0.15, 0.2) is 5.82 Å². The number of ether oxygens (including phenoxy) is 1. The highest BCUT2D eigenvalue weighted by Gasteiger charge is 2.20. The number of rotatable bonds is 9. The Hall–Kier alpha value is -3.53. The van der Waals surface area contributed by atoms with Gasteiger partial charge in [-0.15, -0.1) is 5.10 Å². The molecule has 1 aliphatic rings. The molecule has 1 atom stereocenters. The number of hydrogen-bond acceptors (Lipinski definition) is 6. The molecule has 0 spiro atoms. The Kier molecular flexibility index (Phi) is 8.25. The number of anilines is 1. The Morgan fingerprint density at radius 3 is 2.80 bits per heavy atom. The third-order valence-corrected chi connectivity index (χ3v) is 6.30. The highest BCUT2D eigenvalue weighted by Crippen LogP contribution is 2.29. The molecule has 10 heteroatoms. The summed E-state index contributed by atoms with van der Waals surface area (Å²) >= 11 is 0. The molecule has 1 aliphatic heterocycles. The maximum Gasteiger partial charge on any atom is 0.319 e. The van der Waals surface area contributed by atoms with Crippen LogP contribution in [-0.2, 0) is 13.5 Å². The number of amides is 2. The maximum atomic E-state index is 13.2. The van der Waals surface area contributed by atoms with E-state index >= 15 is 0 Å². The van der Waals surface area contributed by atoms with Gasteiger partial charge in [-0.1, -0.05) is 12.1 Å². The molecule has 0 saturated carbocycles. The molecule has 1 fully saturated rings. The smallest absolute Gasteiger partial charge is 0.319 e. The van der Waals surface area contributed by atoms with Gasteiger partial charge in [-0.2, -0.15) is 0 Å². The predicted molar refractivity (Wildman–Crippen MR) is 132 cm³/mol. The zero-order valence-electron chi connectivity index (χ0n) is 20.2. The van der Waals surface area contributed by atoms with Gasteiger partial charge in [0.2, 0.25) is 0 Å². The molecule has 1 unspecified atom stereocenters. The Balaban J connectivity index is 1.22. The van der Waals surface area contributed by atoms with Gasteiger partial charge in [-0.25, -0.2) is 13.9 Å². The molecule has 4 rings (SSSR count). The van der Waals surface area contributed by atoms with Crippen molar-refractivity contribution in [3.05, 3.63) is 53.8 Å². The third kappa shape index (κ3) is 6.75. The van der Waals surface area contributed by atoms with Gasteiger partial charge in [-0.05, 0) is 91.0 Å². The minimum atomic E-state index is -0.288. The summed E-state index contributed by atoms with van der Waals surface area (Å²) in [5.41, 5.74) is 2.51. The van der Waals surface area contributed by atoms with Crippen LogP contribution in [-0.4, -0.2) is 64.4 Å². The van der Waals surface area contributed by atoms with Crippen LogP contribution in [0, 0.1) is 11.7 Å². The second kappa shape index (κ2) is 11.7. The minimum Gasteiger partial charge on any atom is -0.495 e. The van der Waals surface area contributed by atoms with Gasteiger partial charge >= 0.3 is 6.03 Å². The molecule has 186 valence electrons. The quantitative estimate of drug-likeness (QED) is 0.454. The fraction of sp³-hybridized carbons (Fsp3) is 0.440. The molecular formula is C25H32FN7O2. The van der Waals surface area contributed by atoms with Crippen molar-refractivity contribution in [1.29, 1.82) is 0 Å². The van der Waals surface area contributed by atoms with Crippen molar-refractivity contribution in [2.24, 2.45) is 13.0 Å². The first-order valence-corrected chi connectivity index (χ1v) is 11.9. The first-order chi connectivity index (χ1) is 17.0. The van der Waals surface area contributed by atoms with Crippen LogP contribution in [0.2, 0.25) is 0 Å². The maximum absolute atomic E-state index is 13.2. The lowest BCUT2D eigenvalue weighted by Gasteiger charge is -2.32. The normalized spacial score (nSPS) is 16.1. The van der Waals surface area contributed by atoms with E-state index in [9.17, 15) is 9.18 Å². The molecule has 2 amide bonds. The monoisotopic (exact) mass is 481 g/mol. The average molecular weight is 482 g/mol. The van der Waals surface area contributed by atoms with E-state index in [4.69, 9.17) is 4.74 Å². The number of nitrogens with one attached hydrogen (secondary N) is 2. The first kappa shape index (κ1) is 24.6. The van der Waals surface area contributed by atoms with Crippen LogP contribution < -0.4 is 15.4 Å². The van der Waals surface area contributed by atoms with Gasteiger partial charge < -0.3 is 20.3 Å². The predicted octanol–water partition coefficient (Wildman–Crippen LogP) is 3.49. The van der Waals surface area contributed by atoms with Crippen molar-refractivity contribution in [1.82, 2.24) is 30.4 Å². The molecular weight excluding hydrogens is 449 g/mol. The Labute approximate surface area is 204 Å². The number of urea groups is 1. The number of hydrogen-bond donors (Lipinski definition) is 2. The summed E-state index contributed by atoms with van der Waals surface area (Å²) < 4.78 is 20.1. The number of likely N-dealkylation sites (tertiary alicyclic amines) is 1. The molecule has 0 aliphatic carbocycles. The van der Waals surface area contributed by atoms with Gasteiger partial charge in [0.1, 0.15) is 11.6 Å². The molecule has 0 bridgehead atoms. The number of aryl methyl sites for hydroxylation is 1. The summed E-state index contributed by atoms with van der Waals surface area (Å²) in [7, 11) is 3.32. The number of aromatic nitrogens is 4. The fourth-order valence-electron chi connectivity index (χ4n) is 4.56. The van der Waals surface area contributed by atoms with Crippen molar-refractivity contribution in [2.45, 2.75) is 25.7 Å². The number of nitrogens with zero attached hydrogens (tertiary/aromatic N) is 5. The summed E-state index contributed by atoms with van der Waals surface area (Å²) in [6.45, 7) is 3.61. The van der Waals surface area contributed by atoms with Crippen molar-refractivity contribution >= 4 is 11.7 Å². The number of piperidine rings is 1. The van der Waals surface area contributed by atoms with E-state index < -0.39 is 0 Å². The van der Waals surface area contributed by atoms with Crippen LogP contribution in [0.25, 0.3) is 11.4 Å². The largest absolute Gasteiger partial charge is 0.495 e. The van der Waals surface area contributed by atoms with E-state index in [2.05, 4.69) is 31.1 Å². The Morgan fingerprint density at radius 2 is 2.06 bits per heavy atom. The van der Waals surface area contributed by atoms with Gasteiger partial charge in [0.25, 0.3) is 0 Å². The molecule has 2 heterocycles. The zero-order chi connectivity index (χ0) is 24.6. The number of methoxy groups -OCH3 is 1. The van der Waals surface area contributed by atoms with Crippen LogP contribution in [0.3, 0.4) is 0 Å². The topological polar surface area (TPSA) is 97.2 Å². The molecule has 1 aromatic heterocycles. The second-order valence-corrected chi connectivity index (χ2v) is 8.92. The van der Waals surface area contributed by atoms with Crippen molar-refractivity contribution in [3.63, 3.8) is 0 Å². The van der Waals surface area contributed by atoms with Crippen LogP contribution in [0.1, 0.15) is 24.8 Å². The molecule has 35 heavy (non-hydrogen) atoms. The average Bonchev–Trinajstić information content (AvgIpc) is 3.29. The minimum absolute atomic E-state index is 0.190. The molecule has 2 aromatic carbocycles. The van der Waals surface area contributed by atoms with E-state index in [0.29, 0.717) is 29.7 Å². The molecule has 9 nitrogen and oxygen atoms in total. The van der Waals surface area contributed by atoms with Crippen molar-refractivity contribution in [3.8, 4) is 17.1 Å². The van der Waals surface area contributed by atoms with E-state index in [0.717, 1.165) is 44.5 Å². The molecule has 0 radical (unpaired) electrons. The Morgan fingerprint density at radius 1 is 1.23 bits per heavy atom. The van der Waals surface area contributed by atoms with E-state index in [-0.39, 0.29) is 11.8 Å². The number of carbonyl (C=O) groups excluding carboxylic acids is 1. The van der Waals surface area contributed by atoms with Crippen LogP contribution in [0.5, 0.6) is 5.75 Å². The standard InChI is InChI=1S/C25H32FN7O2/c1-32-24(29-30-31-32)20-8-11-23(35-2)22(16-20)28-25(34)27-12-4-14-33-13-3-5-19(17-33)15-18-6-9-21(26)10-7-18/h6-11,16,19H,3-5,12-15,17H2,1-2H3,(H2,27,28,34). The van der Waals surface area contributed by atoms with Crippen LogP contribution >= 0.6 is 0 Å². The molecule has 2 N–H and O–H groups in total. The van der Waals surface area contributed by atoms with E-state index in [1.165, 1.54) is 24.1 Å². The second-order valence-electron chi connectivity index (χ2n) is 8.92. The third-order valence-electron chi connectivity index (χ3n) is 6.30. The summed E-state index contributed by atoms with van der Waals surface area (Å²) in [5, 5.41) is 17.3. The number of tetrazole rings is 1. The number of carbonyl (C=O) groups is 1. The van der Waals surface area contributed by atoms with E-state index in [1.807, 2.05) is 18.2 Å². The van der Waals surface area contributed by atoms with Crippen molar-refractivity contribution in [2.75, 3.05) is 38.6 Å². The van der Waals surface area contributed by atoms with Crippen LogP contribution in [0.4, 0.5) is 14.9 Å². The fourth-order valence-corrected chi connectivity index (χ4v) is 4.56. The Bertz CT molecular complexity index is 1120. The summed E-state index contributed by atoms with van der Waals surface area (Å²) in [6.07, 6.45) is 4.19. The lowest BCUT2D eigenvalue weighted by atomic mass is 9.91. The number of benzene rings is 2. The van der Waals surface area contributed by atoms with Gasteiger partial charge in [0, 0.05) is 25.7 Å². The summed E-state index contributed by atoms with van der Waals surface area (Å²) in [4.78, 5) is 15.0. The lowest BCUT2D eigenvalue weighted by Crippen LogP contribution is -2.38. The van der Waals surface area contributed by atoms with E-state index in [1.54, 1.807) is 31.0 Å². The highest BCUT2D eigenvalue weighted by molar-refractivity contribution is 5.91. The van der Waals surface area contributed by atoms with Gasteiger partial charge in [0.05, 0.1) is 12.8 Å². The lowest BCUT2D eigenvalue weighted by molar-refractivity contribution is 0.172. The van der Waals surface area contributed by atoms with Crippen molar-refractivity contribution < 1.29 is 13.9 Å². The SMILES string of the molecule is COc1ccc(-c2nnnn2C)cc1NC(=O)NCCCN1CCCC(Cc2ccc(F)cc2)C1. The van der Waals surface area contributed by atoms with Crippen LogP contribution in [0.15, 0.2) is 42.5 Å².